The number of anilines is 5. The second-order valence-corrected chi connectivity index (χ2v) is 16.7. The summed E-state index contributed by atoms with van der Waals surface area (Å²) in [5.74, 6) is 4.67. The fourth-order valence-corrected chi connectivity index (χ4v) is 9.20. The highest BCUT2D eigenvalue weighted by Crippen LogP contribution is 2.40. The smallest absolute Gasteiger partial charge is 0.239 e. The minimum absolute atomic E-state index is 0.352. The molecule has 0 unspecified atom stereocenters. The lowest BCUT2D eigenvalue weighted by Crippen LogP contribution is -2.42. The lowest BCUT2D eigenvalue weighted by molar-refractivity contribution is 0.550. The molecule has 13 heteroatoms. The van der Waals surface area contributed by atoms with Crippen LogP contribution in [0.3, 0.4) is 0 Å². The Bertz CT molecular complexity index is 2670. The maximum atomic E-state index is 9.63. The van der Waals surface area contributed by atoms with Crippen LogP contribution < -0.4 is 15.5 Å². The number of hydrogen-bond donors (Lipinski definition) is 2. The second-order valence-electron chi connectivity index (χ2n) is 15.7. The number of furan rings is 2. The molecule has 2 fully saturated rings. The average Bonchev–Trinajstić information content (AvgIpc) is 3.96. The first kappa shape index (κ1) is 36.8. The predicted octanol–water partition coefficient (Wildman–Crippen LogP) is 10.9. The summed E-state index contributed by atoms with van der Waals surface area (Å²) in [6.07, 6.45) is 16.8. The molecule has 5 aliphatic rings. The number of allylic oxidation sites excluding steroid dienone is 2. The number of aromatic nitrogens is 1. The number of nitrogens with one attached hydrogen (secondary N) is 2. The van der Waals surface area contributed by atoms with Crippen LogP contribution in [0.1, 0.15) is 102 Å². The Balaban J connectivity index is 1.11. The Morgan fingerprint density at radius 3 is 2.12 bits per heavy atom. The molecule has 0 bridgehead atoms. The number of nitrogens with zero attached hydrogens (tertiary/aromatic N) is 8. The van der Waals surface area contributed by atoms with Gasteiger partial charge in [0.05, 0.1) is 34.7 Å². The number of amidine groups is 1. The van der Waals surface area contributed by atoms with Crippen LogP contribution in [0.25, 0.3) is 5.70 Å². The number of piperidine rings is 1. The van der Waals surface area contributed by atoms with Gasteiger partial charge in [-0.15, -0.1) is 0 Å². The number of guanidine groups is 2. The molecular formula is C46H44N10O2S. The van der Waals surface area contributed by atoms with Crippen LogP contribution in [-0.4, -0.2) is 46.4 Å². The summed E-state index contributed by atoms with van der Waals surface area (Å²) in [4.78, 5) is 29.6. The van der Waals surface area contributed by atoms with E-state index in [2.05, 4.69) is 75.1 Å². The summed E-state index contributed by atoms with van der Waals surface area (Å²) < 4.78 is 12.1. The number of rotatable bonds is 9. The van der Waals surface area contributed by atoms with E-state index in [0.29, 0.717) is 51.0 Å². The van der Waals surface area contributed by atoms with Gasteiger partial charge < -0.3 is 24.4 Å². The highest BCUT2D eigenvalue weighted by Gasteiger charge is 2.35. The van der Waals surface area contributed by atoms with Gasteiger partial charge in [0, 0.05) is 42.0 Å². The first-order chi connectivity index (χ1) is 28.9. The summed E-state index contributed by atoms with van der Waals surface area (Å²) in [6.45, 7) is 5.94. The van der Waals surface area contributed by atoms with E-state index in [4.69, 9.17) is 28.8 Å². The number of nitriles is 1. The Labute approximate surface area is 347 Å². The monoisotopic (exact) mass is 800 g/mol. The molecule has 7 heterocycles. The molecule has 5 aromatic rings. The van der Waals surface area contributed by atoms with Crippen LogP contribution in [0, 0.1) is 25.2 Å². The van der Waals surface area contributed by atoms with E-state index in [1.54, 1.807) is 6.20 Å². The fourth-order valence-electron chi connectivity index (χ4n) is 8.55. The van der Waals surface area contributed by atoms with Crippen molar-refractivity contribution in [2.75, 3.05) is 28.6 Å². The van der Waals surface area contributed by atoms with Crippen LogP contribution in [0.4, 0.5) is 28.8 Å². The van der Waals surface area contributed by atoms with Crippen molar-refractivity contribution >= 4 is 69.3 Å². The van der Waals surface area contributed by atoms with Gasteiger partial charge in [-0.1, -0.05) is 49.2 Å². The Hall–Kier alpha value is -6.52. The van der Waals surface area contributed by atoms with E-state index < -0.39 is 0 Å². The topological polar surface area (TPSA) is 143 Å². The molecule has 12 nitrogen and oxygen atoms in total. The number of aryl methyl sites for hydroxylation is 2. The van der Waals surface area contributed by atoms with E-state index in [1.807, 2.05) is 43.0 Å². The number of benzene rings is 2. The van der Waals surface area contributed by atoms with Gasteiger partial charge in [0.15, 0.2) is 22.6 Å². The Morgan fingerprint density at radius 2 is 1.42 bits per heavy atom. The maximum absolute atomic E-state index is 9.63. The zero-order valence-corrected chi connectivity index (χ0v) is 34.0. The van der Waals surface area contributed by atoms with E-state index in [-0.39, 0.29) is 0 Å². The number of thiazole rings is 1. The minimum atomic E-state index is 0.352. The van der Waals surface area contributed by atoms with Gasteiger partial charge in [-0.3, -0.25) is 0 Å². The number of hydrogen-bond acceptors (Lipinski definition) is 13. The molecule has 4 aliphatic heterocycles. The van der Waals surface area contributed by atoms with E-state index in [0.717, 1.165) is 64.2 Å². The van der Waals surface area contributed by atoms with Crippen molar-refractivity contribution in [1.29, 1.82) is 5.26 Å². The molecule has 1 saturated carbocycles. The Kier molecular flexibility index (Phi) is 9.78. The molecule has 296 valence electrons. The average molecular weight is 801 g/mol. The summed E-state index contributed by atoms with van der Waals surface area (Å²) in [7, 11) is 0. The van der Waals surface area contributed by atoms with Crippen LogP contribution in [0.5, 0.6) is 0 Å². The third kappa shape index (κ3) is 7.52. The van der Waals surface area contributed by atoms with E-state index in [1.165, 1.54) is 74.7 Å². The van der Waals surface area contributed by atoms with Gasteiger partial charge in [0.1, 0.15) is 22.5 Å². The molecular weight excluding hydrogens is 757 g/mol. The van der Waals surface area contributed by atoms with Crippen molar-refractivity contribution in [3.63, 3.8) is 0 Å². The van der Waals surface area contributed by atoms with Gasteiger partial charge in [-0.2, -0.15) is 15.2 Å². The van der Waals surface area contributed by atoms with Gasteiger partial charge >= 0.3 is 0 Å². The molecule has 2 aromatic carbocycles. The van der Waals surface area contributed by atoms with Crippen LogP contribution >= 0.6 is 11.3 Å². The third-order valence-electron chi connectivity index (χ3n) is 11.5. The summed E-state index contributed by atoms with van der Waals surface area (Å²) in [5, 5.41) is 17.3. The molecule has 2 N–H and O–H groups in total. The molecule has 0 radical (unpaired) electrons. The van der Waals surface area contributed by atoms with Crippen molar-refractivity contribution in [3.8, 4) is 6.07 Å². The van der Waals surface area contributed by atoms with Crippen LogP contribution in [0.2, 0.25) is 0 Å². The predicted molar refractivity (Wildman–Crippen MR) is 236 cm³/mol. The molecule has 3 aromatic heterocycles. The summed E-state index contributed by atoms with van der Waals surface area (Å²) in [6, 6.07) is 23.2. The quantitative estimate of drug-likeness (QED) is 0.140. The first-order valence-electron chi connectivity index (χ1n) is 20.6. The molecule has 10 rings (SSSR count). The molecule has 1 aliphatic carbocycles. The molecule has 0 atom stereocenters. The normalized spacial score (nSPS) is 18.1. The van der Waals surface area contributed by atoms with Gasteiger partial charge in [-0.05, 0) is 106 Å². The van der Waals surface area contributed by atoms with Crippen molar-refractivity contribution < 1.29 is 8.83 Å². The zero-order valence-electron chi connectivity index (χ0n) is 33.2. The highest BCUT2D eigenvalue weighted by molar-refractivity contribution is 7.14. The van der Waals surface area contributed by atoms with Gasteiger partial charge in [0.2, 0.25) is 11.9 Å². The molecule has 59 heavy (non-hydrogen) atoms. The second kappa shape index (κ2) is 15.7. The first-order valence-corrected chi connectivity index (χ1v) is 21.4. The van der Waals surface area contributed by atoms with E-state index in [9.17, 15) is 5.26 Å². The van der Waals surface area contributed by atoms with Gasteiger partial charge in [0.25, 0.3) is 0 Å². The van der Waals surface area contributed by atoms with Crippen molar-refractivity contribution in [1.82, 2.24) is 9.88 Å². The SMILES string of the molecule is Cc1ccc(Nc2cc(C3CCCCCC3)ccc2C2=CC3=CC(c4ccc(N5CCCCC5)cc4Nc4ccc(C)o4)=NC4=NC(c5ncc(C#N)s5)=NC(=N2)N34)o1. The van der Waals surface area contributed by atoms with E-state index >= 15 is 0 Å². The molecule has 1 saturated heterocycles. The van der Waals surface area contributed by atoms with Crippen molar-refractivity contribution in [3.05, 3.63) is 123 Å². The fraction of sp³-hybridized carbons (Fsp3) is 0.304. The minimum Gasteiger partial charge on any atom is -0.446 e. The van der Waals surface area contributed by atoms with Crippen LogP contribution in [-0.2, 0) is 0 Å². The standard InChI is InChI=1S/C46H44N10O2S/c1-28-12-18-41(57-28)49-37-22-31(30-10-6-3-4-7-11-30)14-16-35(37)39-24-33-25-40(52-46-54-43(53-45(51-39)56(33)46)44-48-27-34(26-47)59-44)36-17-15-32(55-20-8-5-9-21-55)23-38(36)50-42-19-13-29(2)58-42/h12-19,22-25,27,30,49-50H,3-11,20-21H2,1-2H3. The maximum Gasteiger partial charge on any atom is 0.239 e. The Morgan fingerprint density at radius 1 is 0.729 bits per heavy atom. The summed E-state index contributed by atoms with van der Waals surface area (Å²) >= 11 is 1.24. The molecule has 0 spiro atoms. The highest BCUT2D eigenvalue weighted by atomic mass is 32.1. The summed E-state index contributed by atoms with van der Waals surface area (Å²) in [5.41, 5.74) is 8.33. The lowest BCUT2D eigenvalue weighted by Gasteiger charge is -2.33. The van der Waals surface area contributed by atoms with Crippen molar-refractivity contribution in [2.24, 2.45) is 20.0 Å². The van der Waals surface area contributed by atoms with Gasteiger partial charge in [-0.25, -0.2) is 19.9 Å². The van der Waals surface area contributed by atoms with Crippen molar-refractivity contribution in [2.45, 2.75) is 77.6 Å². The third-order valence-corrected chi connectivity index (χ3v) is 12.4. The molecule has 0 amide bonds. The largest absolute Gasteiger partial charge is 0.446 e. The lowest BCUT2D eigenvalue weighted by atomic mass is 9.90. The zero-order chi connectivity index (χ0) is 39.9. The van der Waals surface area contributed by atoms with Crippen LogP contribution in [0.15, 0.2) is 114 Å². The number of aliphatic imine (C=N–C) groups is 4.